The van der Waals surface area contributed by atoms with Crippen LogP contribution in [-0.2, 0) is 5.60 Å². The number of aromatic nitrogens is 1. The Kier molecular flexibility index (Phi) is 2.61. The smallest absolute Gasteiger partial charge is 0.0903 e. The molecule has 0 saturated carbocycles. The number of pyridine rings is 1. The van der Waals surface area contributed by atoms with Crippen LogP contribution in [-0.4, -0.2) is 10.1 Å². The molecule has 64 valence electrons. The first-order valence-electron chi connectivity index (χ1n) is 3.90. The van der Waals surface area contributed by atoms with E-state index in [-0.39, 0.29) is 0 Å². The molecule has 0 spiro atoms. The second-order valence-corrected chi connectivity index (χ2v) is 3.00. The molecule has 0 radical (unpaired) electrons. The Labute approximate surface area is 72.6 Å². The predicted molar refractivity (Wildman–Crippen MR) is 48.6 cm³/mol. The fraction of sp³-hybridized carbons (Fsp3) is 0.300. The van der Waals surface area contributed by atoms with Gasteiger partial charge in [-0.25, -0.2) is 0 Å². The maximum absolute atomic E-state index is 9.89. The molecule has 12 heavy (non-hydrogen) atoms. The molecular weight excluding hydrogens is 150 g/mol. The van der Waals surface area contributed by atoms with Crippen LogP contribution < -0.4 is 0 Å². The minimum Gasteiger partial charge on any atom is -0.385 e. The maximum Gasteiger partial charge on any atom is 0.0903 e. The van der Waals surface area contributed by atoms with Crippen LogP contribution in [0.1, 0.15) is 18.9 Å². The summed E-state index contributed by atoms with van der Waals surface area (Å²) < 4.78 is 0. The molecule has 1 heterocycles. The molecule has 0 saturated heterocycles. The second-order valence-electron chi connectivity index (χ2n) is 3.00. The van der Waals surface area contributed by atoms with Crippen LogP contribution in [0.2, 0.25) is 0 Å². The monoisotopic (exact) mass is 163 g/mol. The molecule has 0 fully saturated rings. The van der Waals surface area contributed by atoms with Crippen LogP contribution in [0.15, 0.2) is 37.2 Å². The molecular formula is C10H13NO. The molecule has 0 amide bonds. The lowest BCUT2D eigenvalue weighted by Gasteiger charge is -2.21. The van der Waals surface area contributed by atoms with E-state index in [1.165, 1.54) is 0 Å². The Bertz CT molecular complexity index is 254. The Morgan fingerprint density at radius 1 is 1.58 bits per heavy atom. The van der Waals surface area contributed by atoms with Crippen molar-refractivity contribution in [2.24, 2.45) is 0 Å². The summed E-state index contributed by atoms with van der Waals surface area (Å²) in [6.07, 6.45) is 5.61. The van der Waals surface area contributed by atoms with E-state index in [2.05, 4.69) is 11.6 Å². The first-order valence-corrected chi connectivity index (χ1v) is 3.90. The van der Waals surface area contributed by atoms with E-state index < -0.39 is 5.60 Å². The molecule has 1 aromatic heterocycles. The van der Waals surface area contributed by atoms with Gasteiger partial charge in [0.15, 0.2) is 0 Å². The van der Waals surface area contributed by atoms with Gasteiger partial charge in [0.25, 0.3) is 0 Å². The fourth-order valence-electron chi connectivity index (χ4n) is 1.11. The predicted octanol–water partition coefficient (Wildman–Crippen LogP) is 1.87. The minimum absolute atomic E-state index is 0.553. The molecule has 1 unspecified atom stereocenters. The molecule has 1 N–H and O–H groups in total. The van der Waals surface area contributed by atoms with Crippen LogP contribution in [0.3, 0.4) is 0 Å². The van der Waals surface area contributed by atoms with Gasteiger partial charge in [0, 0.05) is 12.4 Å². The van der Waals surface area contributed by atoms with E-state index in [4.69, 9.17) is 0 Å². The molecule has 0 bridgehead atoms. The second kappa shape index (κ2) is 3.50. The normalized spacial score (nSPS) is 15.2. The zero-order valence-electron chi connectivity index (χ0n) is 7.20. The van der Waals surface area contributed by atoms with E-state index >= 15 is 0 Å². The van der Waals surface area contributed by atoms with Crippen LogP contribution in [0.4, 0.5) is 0 Å². The molecule has 1 aromatic rings. The topological polar surface area (TPSA) is 33.1 Å². The standard InChI is InChI=1S/C10H13NO/c1-3-6-10(2,12)9-4-7-11-8-5-9/h3-5,7-8,12H,1,6H2,2H3. The van der Waals surface area contributed by atoms with Crippen molar-refractivity contribution in [3.63, 3.8) is 0 Å². The zero-order chi connectivity index (χ0) is 9.03. The van der Waals surface area contributed by atoms with E-state index in [9.17, 15) is 5.11 Å². The van der Waals surface area contributed by atoms with Gasteiger partial charge in [0.1, 0.15) is 0 Å². The summed E-state index contributed by atoms with van der Waals surface area (Å²) in [6.45, 7) is 5.36. The highest BCUT2D eigenvalue weighted by Gasteiger charge is 2.20. The largest absolute Gasteiger partial charge is 0.385 e. The summed E-state index contributed by atoms with van der Waals surface area (Å²) >= 11 is 0. The number of nitrogens with zero attached hydrogens (tertiary/aromatic N) is 1. The zero-order valence-corrected chi connectivity index (χ0v) is 7.20. The first kappa shape index (κ1) is 8.94. The van der Waals surface area contributed by atoms with Crippen molar-refractivity contribution in [1.82, 2.24) is 4.98 Å². The highest BCUT2D eigenvalue weighted by atomic mass is 16.3. The summed E-state index contributed by atoms with van der Waals surface area (Å²) in [6, 6.07) is 3.62. The average Bonchev–Trinajstić information content (AvgIpc) is 2.06. The highest BCUT2D eigenvalue weighted by Crippen LogP contribution is 2.23. The number of hydrogen-bond acceptors (Lipinski definition) is 2. The molecule has 0 aliphatic carbocycles. The van der Waals surface area contributed by atoms with Crippen molar-refractivity contribution < 1.29 is 5.11 Å². The van der Waals surface area contributed by atoms with Crippen molar-refractivity contribution in [2.45, 2.75) is 18.9 Å². The summed E-state index contributed by atoms with van der Waals surface area (Å²) in [5.74, 6) is 0. The Morgan fingerprint density at radius 2 is 2.17 bits per heavy atom. The summed E-state index contributed by atoms with van der Waals surface area (Å²) in [5, 5.41) is 9.89. The van der Waals surface area contributed by atoms with Crippen LogP contribution >= 0.6 is 0 Å². The molecule has 1 atom stereocenters. The molecule has 0 aliphatic heterocycles. The van der Waals surface area contributed by atoms with Gasteiger partial charge in [-0.15, -0.1) is 6.58 Å². The molecule has 0 aromatic carbocycles. The van der Waals surface area contributed by atoms with Gasteiger partial charge in [-0.3, -0.25) is 4.98 Å². The van der Waals surface area contributed by atoms with Gasteiger partial charge in [0.2, 0.25) is 0 Å². The maximum atomic E-state index is 9.89. The Morgan fingerprint density at radius 3 is 2.67 bits per heavy atom. The van der Waals surface area contributed by atoms with Gasteiger partial charge in [0.05, 0.1) is 5.60 Å². The van der Waals surface area contributed by atoms with Crippen LogP contribution in [0.25, 0.3) is 0 Å². The third kappa shape index (κ3) is 1.92. The van der Waals surface area contributed by atoms with Crippen molar-refractivity contribution in [3.8, 4) is 0 Å². The van der Waals surface area contributed by atoms with Gasteiger partial charge in [-0.05, 0) is 31.0 Å². The van der Waals surface area contributed by atoms with Gasteiger partial charge < -0.3 is 5.11 Å². The Hall–Kier alpha value is -1.15. The van der Waals surface area contributed by atoms with Crippen LogP contribution in [0.5, 0.6) is 0 Å². The van der Waals surface area contributed by atoms with Gasteiger partial charge in [-0.1, -0.05) is 6.08 Å². The minimum atomic E-state index is -0.815. The number of hydrogen-bond donors (Lipinski definition) is 1. The highest BCUT2D eigenvalue weighted by molar-refractivity contribution is 5.18. The third-order valence-corrected chi connectivity index (χ3v) is 1.84. The molecule has 0 aliphatic rings. The number of rotatable bonds is 3. The van der Waals surface area contributed by atoms with Crippen molar-refractivity contribution in [2.75, 3.05) is 0 Å². The summed E-state index contributed by atoms with van der Waals surface area (Å²) in [7, 11) is 0. The first-order chi connectivity index (χ1) is 5.67. The summed E-state index contributed by atoms with van der Waals surface area (Å²) in [5.41, 5.74) is 0.0578. The molecule has 2 heteroatoms. The van der Waals surface area contributed by atoms with E-state index in [1.807, 2.05) is 12.1 Å². The lowest BCUT2D eigenvalue weighted by atomic mass is 9.94. The van der Waals surface area contributed by atoms with Crippen molar-refractivity contribution in [1.29, 1.82) is 0 Å². The lowest BCUT2D eigenvalue weighted by molar-refractivity contribution is 0.0605. The fourth-order valence-corrected chi connectivity index (χ4v) is 1.11. The average molecular weight is 163 g/mol. The quantitative estimate of drug-likeness (QED) is 0.690. The van der Waals surface area contributed by atoms with Crippen LogP contribution in [0, 0.1) is 0 Å². The molecule has 2 nitrogen and oxygen atoms in total. The van der Waals surface area contributed by atoms with E-state index in [0.717, 1.165) is 5.56 Å². The summed E-state index contributed by atoms with van der Waals surface area (Å²) in [4.78, 5) is 3.88. The van der Waals surface area contributed by atoms with Crippen molar-refractivity contribution in [3.05, 3.63) is 42.7 Å². The lowest BCUT2D eigenvalue weighted by Crippen LogP contribution is -2.19. The van der Waals surface area contributed by atoms with Gasteiger partial charge >= 0.3 is 0 Å². The third-order valence-electron chi connectivity index (χ3n) is 1.84. The number of aliphatic hydroxyl groups is 1. The molecule has 1 rings (SSSR count). The Balaban J connectivity index is 2.89. The van der Waals surface area contributed by atoms with Gasteiger partial charge in [-0.2, -0.15) is 0 Å². The van der Waals surface area contributed by atoms with E-state index in [0.29, 0.717) is 6.42 Å². The van der Waals surface area contributed by atoms with E-state index in [1.54, 1.807) is 25.4 Å². The van der Waals surface area contributed by atoms with Crippen molar-refractivity contribution >= 4 is 0 Å². The SMILES string of the molecule is C=CCC(C)(O)c1ccncc1.